The lowest BCUT2D eigenvalue weighted by molar-refractivity contribution is 0.247. The zero-order valence-electron chi connectivity index (χ0n) is 22.0. The summed E-state index contributed by atoms with van der Waals surface area (Å²) in [6.45, 7) is 4.87. The lowest BCUT2D eigenvalue weighted by Gasteiger charge is -2.39. The number of thiophene rings is 1. The number of anilines is 2. The Balaban J connectivity index is 1.30. The van der Waals surface area contributed by atoms with E-state index < -0.39 is 0 Å². The van der Waals surface area contributed by atoms with Crippen molar-refractivity contribution in [1.82, 2.24) is 20.0 Å². The lowest BCUT2D eigenvalue weighted by Crippen LogP contribution is -2.49. The number of nitrogens with two attached hydrogens (primary N) is 1. The fraction of sp³-hybridized carbons (Fsp3) is 0.571. The van der Waals surface area contributed by atoms with Crippen molar-refractivity contribution in [3.05, 3.63) is 33.5 Å². The Morgan fingerprint density at radius 1 is 1.24 bits per heavy atom. The van der Waals surface area contributed by atoms with E-state index in [4.69, 9.17) is 25.0 Å². The maximum atomic E-state index is 9.98. The van der Waals surface area contributed by atoms with Gasteiger partial charge in [0, 0.05) is 22.5 Å². The predicted octanol–water partition coefficient (Wildman–Crippen LogP) is 4.29. The van der Waals surface area contributed by atoms with Crippen LogP contribution in [-0.2, 0) is 18.3 Å². The van der Waals surface area contributed by atoms with E-state index in [9.17, 15) is 5.26 Å². The van der Waals surface area contributed by atoms with E-state index in [-0.39, 0.29) is 5.41 Å². The standard InChI is InChI=1S/C28H33N7O2S/c1-16(19-7-5-11-34(19)2)35-12-13-36-20-15-31-26(32-27(20)35)23-17-6-3-9-28(24(17)37-33-23)10-4-8-21-22(28)18(14-29)25(30)38-21/h15-16,19H,3-13,30H2,1-2H3. The molecule has 0 radical (unpaired) electrons. The minimum atomic E-state index is -0.351. The first-order valence-corrected chi connectivity index (χ1v) is 14.6. The SMILES string of the molecule is CC(C1CCCN1C)N1CCOc2cnc(-c3noc4c3CCCC43CCCc4sc(N)c(C#N)c43)nc21. The fourth-order valence-electron chi connectivity index (χ4n) is 7.51. The fourth-order valence-corrected chi connectivity index (χ4v) is 8.67. The van der Waals surface area contributed by atoms with Crippen LogP contribution in [0.3, 0.4) is 0 Å². The van der Waals surface area contributed by atoms with E-state index in [1.165, 1.54) is 17.7 Å². The number of nitrogens with zero attached hydrogens (tertiary/aromatic N) is 6. The number of ether oxygens (including phenoxy) is 1. The Kier molecular flexibility index (Phi) is 5.64. The summed E-state index contributed by atoms with van der Waals surface area (Å²) in [5.41, 5.74) is 9.45. The monoisotopic (exact) mass is 531 g/mol. The molecule has 1 saturated heterocycles. The molecule has 5 heterocycles. The van der Waals surface area contributed by atoms with Crippen LogP contribution in [0.4, 0.5) is 10.8 Å². The van der Waals surface area contributed by atoms with Gasteiger partial charge < -0.3 is 24.8 Å². The first-order valence-electron chi connectivity index (χ1n) is 13.8. The van der Waals surface area contributed by atoms with Gasteiger partial charge in [-0.1, -0.05) is 5.16 Å². The Morgan fingerprint density at radius 2 is 2.08 bits per heavy atom. The van der Waals surface area contributed by atoms with Crippen LogP contribution in [-0.4, -0.2) is 58.9 Å². The van der Waals surface area contributed by atoms with Crippen LogP contribution in [0.2, 0.25) is 0 Å². The Hall–Kier alpha value is -3.16. The van der Waals surface area contributed by atoms with E-state index in [1.807, 2.05) is 0 Å². The number of hydrogen-bond donors (Lipinski definition) is 1. The molecule has 2 aliphatic heterocycles. The van der Waals surface area contributed by atoms with Gasteiger partial charge in [-0.05, 0) is 77.4 Å². The topological polar surface area (TPSA) is 117 Å². The third-order valence-corrected chi connectivity index (χ3v) is 10.4. The summed E-state index contributed by atoms with van der Waals surface area (Å²) in [4.78, 5) is 15.8. The molecule has 10 heteroatoms. The summed E-state index contributed by atoms with van der Waals surface area (Å²) in [6, 6.07) is 3.20. The predicted molar refractivity (Wildman–Crippen MR) is 146 cm³/mol. The molecule has 2 aliphatic carbocycles. The summed E-state index contributed by atoms with van der Waals surface area (Å²) >= 11 is 1.56. The number of likely N-dealkylation sites (tertiary alicyclic amines) is 1. The average Bonchev–Trinajstić information content (AvgIpc) is 3.65. The molecule has 7 rings (SSSR count). The van der Waals surface area contributed by atoms with E-state index in [0.717, 1.165) is 80.1 Å². The van der Waals surface area contributed by atoms with Gasteiger partial charge in [0.15, 0.2) is 28.8 Å². The van der Waals surface area contributed by atoms with Crippen LogP contribution in [0.1, 0.15) is 72.8 Å². The number of rotatable bonds is 3. The number of hydrogen-bond acceptors (Lipinski definition) is 10. The van der Waals surface area contributed by atoms with Gasteiger partial charge in [0.1, 0.15) is 17.7 Å². The van der Waals surface area contributed by atoms with Gasteiger partial charge >= 0.3 is 0 Å². The number of nitriles is 1. The normalized spacial score (nSPS) is 25.4. The molecule has 0 saturated carbocycles. The van der Waals surface area contributed by atoms with Crippen LogP contribution < -0.4 is 15.4 Å². The largest absolute Gasteiger partial charge is 0.486 e. The molecule has 2 N–H and O–H groups in total. The molecule has 3 atom stereocenters. The highest BCUT2D eigenvalue weighted by Gasteiger charge is 2.49. The molecule has 0 amide bonds. The van der Waals surface area contributed by atoms with Gasteiger partial charge in [-0.2, -0.15) is 5.26 Å². The molecule has 198 valence electrons. The van der Waals surface area contributed by atoms with Gasteiger partial charge in [0.05, 0.1) is 23.7 Å². The molecule has 3 aromatic heterocycles. The molecule has 0 bridgehead atoms. The van der Waals surface area contributed by atoms with Gasteiger partial charge in [-0.25, -0.2) is 9.97 Å². The summed E-state index contributed by atoms with van der Waals surface area (Å²) in [5, 5.41) is 15.2. The molecule has 4 aliphatic rings. The minimum Gasteiger partial charge on any atom is -0.486 e. The number of aryl methyl sites for hydroxylation is 1. The summed E-state index contributed by atoms with van der Waals surface area (Å²) in [6.07, 6.45) is 9.95. The molecule has 9 nitrogen and oxygen atoms in total. The van der Waals surface area contributed by atoms with Gasteiger partial charge in [-0.15, -0.1) is 11.3 Å². The van der Waals surface area contributed by atoms with E-state index >= 15 is 0 Å². The van der Waals surface area contributed by atoms with Crippen molar-refractivity contribution < 1.29 is 9.26 Å². The third-order valence-electron chi connectivity index (χ3n) is 9.29. The Morgan fingerprint density at radius 3 is 2.87 bits per heavy atom. The zero-order chi connectivity index (χ0) is 26.0. The highest BCUT2D eigenvalue weighted by molar-refractivity contribution is 7.16. The molecular weight excluding hydrogens is 498 g/mol. The molecule has 3 aromatic rings. The minimum absolute atomic E-state index is 0.316. The summed E-state index contributed by atoms with van der Waals surface area (Å²) < 4.78 is 12.2. The van der Waals surface area contributed by atoms with Crippen molar-refractivity contribution in [2.75, 3.05) is 37.4 Å². The lowest BCUT2D eigenvalue weighted by atomic mass is 9.63. The maximum Gasteiger partial charge on any atom is 0.184 e. The van der Waals surface area contributed by atoms with Crippen LogP contribution in [0, 0.1) is 11.3 Å². The van der Waals surface area contributed by atoms with Gasteiger partial charge in [0.2, 0.25) is 0 Å². The third kappa shape index (κ3) is 3.41. The Bertz CT molecular complexity index is 1440. The second kappa shape index (κ2) is 8.95. The molecule has 1 fully saturated rings. The van der Waals surface area contributed by atoms with Crippen LogP contribution in [0.5, 0.6) is 5.75 Å². The number of nitrogen functional groups attached to an aromatic ring is 1. The second-order valence-corrected chi connectivity index (χ2v) is 12.4. The van der Waals surface area contributed by atoms with Gasteiger partial charge in [-0.3, -0.25) is 0 Å². The van der Waals surface area contributed by atoms with Crippen molar-refractivity contribution >= 4 is 22.2 Å². The van der Waals surface area contributed by atoms with Crippen molar-refractivity contribution in [2.24, 2.45) is 0 Å². The smallest absolute Gasteiger partial charge is 0.184 e. The van der Waals surface area contributed by atoms with E-state index in [1.54, 1.807) is 17.5 Å². The average molecular weight is 532 g/mol. The first-order chi connectivity index (χ1) is 18.5. The number of fused-ring (bicyclic) bond motifs is 5. The molecule has 38 heavy (non-hydrogen) atoms. The Labute approximate surface area is 226 Å². The van der Waals surface area contributed by atoms with Crippen molar-refractivity contribution in [3.8, 4) is 23.3 Å². The highest BCUT2D eigenvalue weighted by Crippen LogP contribution is 2.55. The van der Waals surface area contributed by atoms with Crippen molar-refractivity contribution in [3.63, 3.8) is 0 Å². The first kappa shape index (κ1) is 23.9. The zero-order valence-corrected chi connectivity index (χ0v) is 22.8. The summed E-state index contributed by atoms with van der Waals surface area (Å²) in [5.74, 6) is 3.03. The van der Waals surface area contributed by atoms with E-state index in [0.29, 0.717) is 40.8 Å². The number of aromatic nitrogens is 3. The second-order valence-electron chi connectivity index (χ2n) is 11.2. The molecular formula is C28H33N7O2S. The molecule has 1 spiro atoms. The molecule has 3 unspecified atom stereocenters. The maximum absolute atomic E-state index is 9.98. The van der Waals surface area contributed by atoms with E-state index in [2.05, 4.69) is 35.0 Å². The highest BCUT2D eigenvalue weighted by atomic mass is 32.1. The van der Waals surface area contributed by atoms with Gasteiger partial charge in [0.25, 0.3) is 0 Å². The van der Waals surface area contributed by atoms with Crippen molar-refractivity contribution in [1.29, 1.82) is 5.26 Å². The van der Waals surface area contributed by atoms with Crippen LogP contribution >= 0.6 is 11.3 Å². The van der Waals surface area contributed by atoms with Crippen LogP contribution in [0.25, 0.3) is 11.5 Å². The quantitative estimate of drug-likeness (QED) is 0.528. The number of likely N-dealkylation sites (N-methyl/N-ethyl adjacent to an activating group) is 1. The van der Waals surface area contributed by atoms with Crippen molar-refractivity contribution in [2.45, 2.75) is 75.8 Å². The molecule has 0 aromatic carbocycles. The van der Waals surface area contributed by atoms with Crippen LogP contribution in [0.15, 0.2) is 10.7 Å². The summed E-state index contributed by atoms with van der Waals surface area (Å²) in [7, 11) is 2.22.